The van der Waals surface area contributed by atoms with Crippen LogP contribution in [0.15, 0.2) is 0 Å². The van der Waals surface area contributed by atoms with E-state index < -0.39 is 0 Å². The van der Waals surface area contributed by atoms with Crippen LogP contribution in [0.2, 0.25) is 0 Å². The van der Waals surface area contributed by atoms with Crippen molar-refractivity contribution < 1.29 is 54.8 Å². The molecule has 0 N–H and O–H groups in total. The predicted molar refractivity (Wildman–Crippen MR) is 0.686 cm³/mol. The van der Waals surface area contributed by atoms with Gasteiger partial charge in [0.1, 0.15) is 0 Å². The average Bonchev–Trinajstić information content (AvgIpc) is 1.00. The van der Waals surface area contributed by atoms with Crippen LogP contribution in [0.4, 0.5) is 0 Å². The first-order chi connectivity index (χ1) is 1.00. The molecular weight excluding hydrogens is 172 g/mol. The molecule has 0 aromatic rings. The molecule has 4 heteroatoms. The quantitative estimate of drug-likeness (QED) is 0.497. The van der Waals surface area contributed by atoms with Gasteiger partial charge in [-0.05, 0) is 0 Å². The summed E-state index contributed by atoms with van der Waals surface area (Å²) in [5.41, 5.74) is 0. The Morgan fingerprint density at radius 1 is 1.00 bits per heavy atom. The maximum absolute atomic E-state index is 8.12. The Balaban J connectivity index is -0.00000000500. The monoisotopic (exact) mass is 172 g/mol. The van der Waals surface area contributed by atoms with Crippen molar-refractivity contribution in [2.24, 2.45) is 0 Å². The Morgan fingerprint density at radius 3 is 1.00 bits per heavy atom. The Hall–Kier alpha value is 1.40. The molecule has 0 aromatic carbocycles. The van der Waals surface area contributed by atoms with Gasteiger partial charge in [0.15, 0.2) is 0 Å². The Bertz CT molecular complexity index is 3.25. The van der Waals surface area contributed by atoms with Gasteiger partial charge in [0.05, 0.1) is 0 Å². The van der Waals surface area contributed by atoms with Crippen LogP contribution in [0.5, 0.6) is 0 Å². The van der Waals surface area contributed by atoms with Crippen molar-refractivity contribution in [3.63, 3.8) is 0 Å². The Morgan fingerprint density at radius 2 is 1.00 bits per heavy atom. The molecule has 0 bridgehead atoms. The van der Waals surface area contributed by atoms with Crippen LogP contribution in [0.1, 0.15) is 0 Å². The van der Waals surface area contributed by atoms with Gasteiger partial charge in [-0.25, -0.2) is 0 Å². The second kappa shape index (κ2) is 26.0. The summed E-state index contributed by atoms with van der Waals surface area (Å²) in [4.78, 5) is 0. The van der Waals surface area contributed by atoms with Crippen molar-refractivity contribution in [3.05, 3.63) is 0 Å². The van der Waals surface area contributed by atoms with E-state index in [9.17, 15) is 0 Å². The fraction of sp³-hybridized carbons (Fsp3) is 0. The van der Waals surface area contributed by atoms with Crippen LogP contribution < -0.4 is 0 Å². The Labute approximate surface area is 54.7 Å². The number of hydrogen-bond donors (Lipinski definition) is 0. The van der Waals surface area contributed by atoms with Crippen molar-refractivity contribution in [1.29, 1.82) is 0 Å². The zero-order valence-corrected chi connectivity index (χ0v) is 5.46. The molecule has 0 spiro atoms. The molecule has 0 atom stereocenters. The maximum atomic E-state index is 8.12. The van der Waals surface area contributed by atoms with E-state index in [0.29, 0.717) is 0 Å². The first kappa shape index (κ1) is 18.2. The third-order valence-corrected chi connectivity index (χ3v) is 0. The SMILES string of the molecule is [Cr].[Cr].[O]=[Cr]. The molecule has 0 unspecified atom stereocenters. The van der Waals surface area contributed by atoms with Gasteiger partial charge in [-0.1, -0.05) is 0 Å². The summed E-state index contributed by atoms with van der Waals surface area (Å²) in [6.07, 6.45) is 0. The van der Waals surface area contributed by atoms with Crippen molar-refractivity contribution in [1.82, 2.24) is 0 Å². The topological polar surface area (TPSA) is 17.1 Å². The van der Waals surface area contributed by atoms with E-state index in [1.165, 1.54) is 16.2 Å². The van der Waals surface area contributed by atoms with Crippen LogP contribution in [-0.2, 0) is 54.8 Å². The van der Waals surface area contributed by atoms with Crippen LogP contribution in [0, 0.1) is 0 Å². The van der Waals surface area contributed by atoms with E-state index >= 15 is 0 Å². The fourth-order valence-electron chi connectivity index (χ4n) is 0. The molecule has 0 aliphatic rings. The molecule has 0 aliphatic heterocycles. The van der Waals surface area contributed by atoms with Crippen LogP contribution >= 0.6 is 0 Å². The van der Waals surface area contributed by atoms with Crippen molar-refractivity contribution in [2.45, 2.75) is 0 Å². The van der Waals surface area contributed by atoms with E-state index in [4.69, 9.17) is 3.80 Å². The zero-order chi connectivity index (χ0) is 2.00. The van der Waals surface area contributed by atoms with Crippen molar-refractivity contribution in [2.75, 3.05) is 0 Å². The second-order valence-electron chi connectivity index (χ2n) is 0. The van der Waals surface area contributed by atoms with Crippen LogP contribution in [0.3, 0.4) is 0 Å². The summed E-state index contributed by atoms with van der Waals surface area (Å²) in [7, 11) is 0. The molecule has 0 saturated carbocycles. The molecule has 0 saturated heterocycles. The van der Waals surface area contributed by atoms with Crippen LogP contribution in [0.25, 0.3) is 0 Å². The van der Waals surface area contributed by atoms with Crippen LogP contribution in [-0.4, -0.2) is 0 Å². The predicted octanol–water partition coefficient (Wildman–Crippen LogP) is -0.126. The van der Waals surface area contributed by atoms with E-state index in [2.05, 4.69) is 0 Å². The van der Waals surface area contributed by atoms with Gasteiger partial charge in [0.2, 0.25) is 0 Å². The zero-order valence-electron chi connectivity index (χ0n) is 1.63. The molecule has 0 amide bonds. The molecule has 0 rings (SSSR count). The van der Waals surface area contributed by atoms with E-state index in [0.717, 1.165) is 0 Å². The van der Waals surface area contributed by atoms with Gasteiger partial charge in [0, 0.05) is 34.7 Å². The minimum absolute atomic E-state index is 0. The van der Waals surface area contributed by atoms with E-state index in [1.54, 1.807) is 0 Å². The van der Waals surface area contributed by atoms with E-state index in [1.807, 2.05) is 0 Å². The molecule has 0 fully saturated rings. The van der Waals surface area contributed by atoms with E-state index in [-0.39, 0.29) is 34.7 Å². The summed E-state index contributed by atoms with van der Waals surface area (Å²) >= 11 is 1.38. The Kier molecular flexibility index (Phi) is 118. The van der Waals surface area contributed by atoms with Gasteiger partial charge < -0.3 is 0 Å². The summed E-state index contributed by atoms with van der Waals surface area (Å²) in [5.74, 6) is 0. The molecule has 1 nitrogen and oxygen atoms in total. The third kappa shape index (κ3) is 10.00. The van der Waals surface area contributed by atoms with Crippen molar-refractivity contribution in [3.8, 4) is 0 Å². The van der Waals surface area contributed by atoms with Gasteiger partial charge in [-0.15, -0.1) is 0 Å². The molecule has 0 aromatic heterocycles. The molecule has 0 heterocycles. The number of hydrogen-bond acceptors (Lipinski definition) is 1. The molecule has 24 valence electrons. The van der Waals surface area contributed by atoms with Gasteiger partial charge >= 0.3 is 20.0 Å². The van der Waals surface area contributed by atoms with Gasteiger partial charge in [-0.2, -0.15) is 0 Å². The summed E-state index contributed by atoms with van der Waals surface area (Å²) < 4.78 is 8.12. The number of rotatable bonds is 0. The second-order valence-corrected chi connectivity index (χ2v) is 0. The van der Waals surface area contributed by atoms with Gasteiger partial charge in [-0.3, -0.25) is 0 Å². The molecule has 0 radical (unpaired) electrons. The standard InChI is InChI=1S/3Cr.O. The van der Waals surface area contributed by atoms with Crippen molar-refractivity contribution >= 4 is 0 Å². The summed E-state index contributed by atoms with van der Waals surface area (Å²) in [6.45, 7) is 0. The summed E-state index contributed by atoms with van der Waals surface area (Å²) in [6, 6.07) is 0. The summed E-state index contributed by atoms with van der Waals surface area (Å²) in [5, 5.41) is 0. The minimum atomic E-state index is 0. The third-order valence-electron chi connectivity index (χ3n) is 0. The molecular formula is Cr3O. The first-order valence-corrected chi connectivity index (χ1v) is 0.687. The molecule has 4 heavy (non-hydrogen) atoms. The average molecular weight is 172 g/mol. The van der Waals surface area contributed by atoms with Gasteiger partial charge in [0.25, 0.3) is 0 Å². The fourth-order valence-corrected chi connectivity index (χ4v) is 0. The first-order valence-electron chi connectivity index (χ1n) is 0.167. The normalized spacial score (nSPS) is 1.00. The molecule has 0 aliphatic carbocycles.